The van der Waals surface area contributed by atoms with Crippen molar-refractivity contribution in [1.29, 1.82) is 0 Å². The summed E-state index contributed by atoms with van der Waals surface area (Å²) in [4.78, 5) is 10.9. The molecular weight excluding hydrogens is 218 g/mol. The van der Waals surface area contributed by atoms with Gasteiger partial charge < -0.3 is 9.47 Å². The zero-order chi connectivity index (χ0) is 12.5. The fourth-order valence-electron chi connectivity index (χ4n) is 1.35. The molecule has 1 aromatic rings. The molecular formula is C13H19NO3. The average Bonchev–Trinajstić information content (AvgIpc) is 2.36. The lowest BCUT2D eigenvalue weighted by atomic mass is 10.2. The van der Waals surface area contributed by atoms with Gasteiger partial charge in [-0.05, 0) is 30.7 Å². The molecule has 0 aliphatic rings. The van der Waals surface area contributed by atoms with Gasteiger partial charge in [-0.1, -0.05) is 19.8 Å². The smallest absolute Gasteiger partial charge is 0.411 e. The minimum Gasteiger partial charge on any atom is -0.494 e. The first kappa shape index (κ1) is 13.4. The van der Waals surface area contributed by atoms with Gasteiger partial charge in [0, 0.05) is 5.69 Å². The largest absolute Gasteiger partial charge is 0.494 e. The molecule has 0 saturated carbocycles. The minimum atomic E-state index is -0.471. The Morgan fingerprint density at radius 1 is 1.24 bits per heavy atom. The van der Waals surface area contributed by atoms with E-state index in [2.05, 4.69) is 17.0 Å². The number of hydrogen-bond donors (Lipinski definition) is 1. The maximum absolute atomic E-state index is 10.9. The Morgan fingerprint density at radius 3 is 2.53 bits per heavy atom. The molecule has 0 saturated heterocycles. The predicted molar refractivity (Wildman–Crippen MR) is 67.5 cm³/mol. The minimum absolute atomic E-state index is 0.471. The Morgan fingerprint density at radius 2 is 1.94 bits per heavy atom. The summed E-state index contributed by atoms with van der Waals surface area (Å²) in [6.45, 7) is 2.89. The van der Waals surface area contributed by atoms with Crippen LogP contribution in [0.3, 0.4) is 0 Å². The number of benzene rings is 1. The highest BCUT2D eigenvalue weighted by Crippen LogP contribution is 2.16. The van der Waals surface area contributed by atoms with Crippen molar-refractivity contribution >= 4 is 11.8 Å². The van der Waals surface area contributed by atoms with Crippen LogP contribution in [0.2, 0.25) is 0 Å². The van der Waals surface area contributed by atoms with Crippen molar-refractivity contribution in [3.8, 4) is 5.75 Å². The van der Waals surface area contributed by atoms with Crippen LogP contribution < -0.4 is 10.1 Å². The Hall–Kier alpha value is -1.71. The van der Waals surface area contributed by atoms with Crippen molar-refractivity contribution in [3.05, 3.63) is 24.3 Å². The molecule has 1 rings (SSSR count). The standard InChI is InChI=1S/C13H19NO3/c1-3-4-5-10-17-12-8-6-11(7-9-12)14-13(15)16-2/h6-9H,3-5,10H2,1-2H3,(H,14,15). The monoisotopic (exact) mass is 237 g/mol. The van der Waals surface area contributed by atoms with E-state index in [9.17, 15) is 4.79 Å². The van der Waals surface area contributed by atoms with Crippen LogP contribution in [-0.2, 0) is 4.74 Å². The van der Waals surface area contributed by atoms with E-state index in [-0.39, 0.29) is 0 Å². The van der Waals surface area contributed by atoms with E-state index in [0.29, 0.717) is 5.69 Å². The van der Waals surface area contributed by atoms with Gasteiger partial charge in [0.05, 0.1) is 13.7 Å². The molecule has 0 spiro atoms. The summed E-state index contributed by atoms with van der Waals surface area (Å²) in [5.74, 6) is 0.816. The van der Waals surface area contributed by atoms with Crippen LogP contribution in [0.25, 0.3) is 0 Å². The molecule has 4 heteroatoms. The molecule has 0 fully saturated rings. The number of carbonyl (C=O) groups is 1. The zero-order valence-corrected chi connectivity index (χ0v) is 10.4. The van der Waals surface area contributed by atoms with Gasteiger partial charge >= 0.3 is 6.09 Å². The van der Waals surface area contributed by atoms with Crippen molar-refractivity contribution in [3.63, 3.8) is 0 Å². The van der Waals surface area contributed by atoms with Crippen LogP contribution in [-0.4, -0.2) is 19.8 Å². The van der Waals surface area contributed by atoms with Gasteiger partial charge in [-0.3, -0.25) is 5.32 Å². The Kier molecular flexibility index (Phi) is 5.93. The van der Waals surface area contributed by atoms with Gasteiger partial charge in [0.2, 0.25) is 0 Å². The first-order chi connectivity index (χ1) is 8.26. The van der Waals surface area contributed by atoms with Crippen molar-refractivity contribution in [2.24, 2.45) is 0 Å². The molecule has 0 aliphatic carbocycles. The Bertz CT molecular complexity index is 335. The van der Waals surface area contributed by atoms with Gasteiger partial charge in [-0.15, -0.1) is 0 Å². The van der Waals surface area contributed by atoms with Crippen LogP contribution in [0.5, 0.6) is 5.75 Å². The van der Waals surface area contributed by atoms with Gasteiger partial charge in [0.25, 0.3) is 0 Å². The van der Waals surface area contributed by atoms with Crippen molar-refractivity contribution in [2.45, 2.75) is 26.2 Å². The van der Waals surface area contributed by atoms with Gasteiger partial charge in [0.15, 0.2) is 0 Å². The summed E-state index contributed by atoms with van der Waals surface area (Å²) in [6.07, 6.45) is 2.97. The number of nitrogens with one attached hydrogen (secondary N) is 1. The highest BCUT2D eigenvalue weighted by Gasteiger charge is 2.00. The summed E-state index contributed by atoms with van der Waals surface area (Å²) in [5, 5.41) is 2.58. The molecule has 1 amide bonds. The topological polar surface area (TPSA) is 47.6 Å². The fraction of sp³-hybridized carbons (Fsp3) is 0.462. The number of carbonyl (C=O) groups excluding carboxylic acids is 1. The summed E-state index contributed by atoms with van der Waals surface area (Å²) in [7, 11) is 1.33. The van der Waals surface area contributed by atoms with Gasteiger partial charge in [-0.2, -0.15) is 0 Å². The lowest BCUT2D eigenvalue weighted by Gasteiger charge is -2.07. The number of methoxy groups -OCH3 is 1. The second kappa shape index (κ2) is 7.54. The van der Waals surface area contributed by atoms with E-state index in [1.54, 1.807) is 12.1 Å². The van der Waals surface area contributed by atoms with E-state index in [1.807, 2.05) is 12.1 Å². The van der Waals surface area contributed by atoms with E-state index >= 15 is 0 Å². The quantitative estimate of drug-likeness (QED) is 0.771. The van der Waals surface area contributed by atoms with E-state index < -0.39 is 6.09 Å². The fourth-order valence-corrected chi connectivity index (χ4v) is 1.35. The highest BCUT2D eigenvalue weighted by atomic mass is 16.5. The summed E-state index contributed by atoms with van der Waals surface area (Å²) >= 11 is 0. The third kappa shape index (κ3) is 5.24. The lowest BCUT2D eigenvalue weighted by molar-refractivity contribution is 0.187. The summed E-state index contributed by atoms with van der Waals surface area (Å²) in [6, 6.07) is 7.23. The molecule has 0 aliphatic heterocycles. The number of hydrogen-bond acceptors (Lipinski definition) is 3. The van der Waals surface area contributed by atoms with Crippen LogP contribution >= 0.6 is 0 Å². The number of amides is 1. The van der Waals surface area contributed by atoms with Crippen molar-refractivity contribution < 1.29 is 14.3 Å². The normalized spacial score (nSPS) is 9.76. The van der Waals surface area contributed by atoms with E-state index in [0.717, 1.165) is 18.8 Å². The first-order valence-electron chi connectivity index (χ1n) is 5.84. The molecule has 0 unspecified atom stereocenters. The molecule has 0 aromatic heterocycles. The van der Waals surface area contributed by atoms with Crippen LogP contribution in [0.1, 0.15) is 26.2 Å². The highest BCUT2D eigenvalue weighted by molar-refractivity contribution is 5.84. The molecule has 1 N–H and O–H groups in total. The maximum Gasteiger partial charge on any atom is 0.411 e. The third-order valence-electron chi connectivity index (χ3n) is 2.30. The SMILES string of the molecule is CCCCCOc1ccc(NC(=O)OC)cc1. The van der Waals surface area contributed by atoms with Gasteiger partial charge in [-0.25, -0.2) is 4.79 Å². The zero-order valence-electron chi connectivity index (χ0n) is 10.4. The Balaban J connectivity index is 2.36. The molecule has 4 nitrogen and oxygen atoms in total. The molecule has 0 radical (unpaired) electrons. The van der Waals surface area contributed by atoms with Crippen molar-refractivity contribution in [1.82, 2.24) is 0 Å². The molecule has 0 atom stereocenters. The number of ether oxygens (including phenoxy) is 2. The molecule has 0 bridgehead atoms. The molecule has 94 valence electrons. The van der Waals surface area contributed by atoms with E-state index in [1.165, 1.54) is 20.0 Å². The second-order valence-corrected chi connectivity index (χ2v) is 3.70. The third-order valence-corrected chi connectivity index (χ3v) is 2.30. The summed E-state index contributed by atoms with van der Waals surface area (Å²) in [5.41, 5.74) is 0.692. The van der Waals surface area contributed by atoms with Crippen LogP contribution in [0.15, 0.2) is 24.3 Å². The molecule has 17 heavy (non-hydrogen) atoms. The number of rotatable bonds is 6. The van der Waals surface area contributed by atoms with Crippen molar-refractivity contribution in [2.75, 3.05) is 19.0 Å². The maximum atomic E-state index is 10.9. The first-order valence-corrected chi connectivity index (χ1v) is 5.84. The second-order valence-electron chi connectivity index (χ2n) is 3.70. The van der Waals surface area contributed by atoms with Gasteiger partial charge in [0.1, 0.15) is 5.75 Å². The number of anilines is 1. The molecule has 1 aromatic carbocycles. The number of unbranched alkanes of at least 4 members (excludes halogenated alkanes) is 2. The predicted octanol–water partition coefficient (Wildman–Crippen LogP) is 3.43. The average molecular weight is 237 g/mol. The van der Waals surface area contributed by atoms with E-state index in [4.69, 9.17) is 4.74 Å². The van der Waals surface area contributed by atoms with Crippen LogP contribution in [0, 0.1) is 0 Å². The summed E-state index contributed by atoms with van der Waals surface area (Å²) < 4.78 is 10.0. The van der Waals surface area contributed by atoms with Crippen LogP contribution in [0.4, 0.5) is 10.5 Å². The molecule has 0 heterocycles. The lowest BCUT2D eigenvalue weighted by Crippen LogP contribution is -2.10. The Labute approximate surface area is 102 Å².